The number of anilines is 1. The fourth-order valence-corrected chi connectivity index (χ4v) is 3.06. The van der Waals surface area contributed by atoms with Gasteiger partial charge in [0.2, 0.25) is 5.91 Å². The van der Waals surface area contributed by atoms with Gasteiger partial charge in [0.1, 0.15) is 0 Å². The van der Waals surface area contributed by atoms with E-state index in [0.29, 0.717) is 12.4 Å². The van der Waals surface area contributed by atoms with Crippen molar-refractivity contribution in [3.63, 3.8) is 0 Å². The van der Waals surface area contributed by atoms with Gasteiger partial charge < -0.3 is 5.32 Å². The first kappa shape index (κ1) is 15.4. The summed E-state index contributed by atoms with van der Waals surface area (Å²) in [5.41, 5.74) is 0.531. The molecule has 0 saturated carbocycles. The van der Waals surface area contributed by atoms with Crippen LogP contribution in [0.1, 0.15) is 24.3 Å². The molecule has 0 aliphatic heterocycles. The molecule has 5 nitrogen and oxygen atoms in total. The van der Waals surface area contributed by atoms with Crippen LogP contribution in [0.15, 0.2) is 54.3 Å². The first-order chi connectivity index (χ1) is 11.1. The van der Waals surface area contributed by atoms with Crippen molar-refractivity contribution in [3.05, 3.63) is 64.7 Å². The van der Waals surface area contributed by atoms with E-state index < -0.39 is 5.41 Å². The van der Waals surface area contributed by atoms with Crippen molar-refractivity contribution >= 4 is 23.1 Å². The first-order valence-corrected chi connectivity index (χ1v) is 8.21. The van der Waals surface area contributed by atoms with E-state index in [9.17, 15) is 4.79 Å². The molecule has 0 bridgehead atoms. The van der Waals surface area contributed by atoms with Gasteiger partial charge in [-0.1, -0.05) is 6.07 Å². The van der Waals surface area contributed by atoms with Gasteiger partial charge in [0.05, 0.1) is 12.0 Å². The number of nitrogens with one attached hydrogen (secondary N) is 1. The van der Waals surface area contributed by atoms with Crippen LogP contribution in [0, 0.1) is 0 Å². The highest BCUT2D eigenvalue weighted by molar-refractivity contribution is 7.10. The second-order valence-electron chi connectivity index (χ2n) is 5.81. The summed E-state index contributed by atoms with van der Waals surface area (Å²) in [5.74, 6) is 0.503. The Hall–Kier alpha value is -2.47. The van der Waals surface area contributed by atoms with E-state index in [1.54, 1.807) is 28.4 Å². The third-order valence-corrected chi connectivity index (χ3v) is 4.87. The van der Waals surface area contributed by atoms with Gasteiger partial charge in [-0.05, 0) is 43.0 Å². The molecule has 23 heavy (non-hydrogen) atoms. The van der Waals surface area contributed by atoms with Crippen LogP contribution in [0.25, 0.3) is 0 Å². The normalized spacial score (nSPS) is 11.4. The molecule has 0 aliphatic carbocycles. The summed E-state index contributed by atoms with van der Waals surface area (Å²) in [4.78, 5) is 17.6. The van der Waals surface area contributed by atoms with Crippen LogP contribution < -0.4 is 5.32 Å². The Balaban J connectivity index is 1.68. The third kappa shape index (κ3) is 3.48. The van der Waals surface area contributed by atoms with Gasteiger partial charge in [0.25, 0.3) is 0 Å². The lowest BCUT2D eigenvalue weighted by Crippen LogP contribution is -2.34. The maximum absolute atomic E-state index is 12.5. The van der Waals surface area contributed by atoms with Gasteiger partial charge in [0, 0.05) is 29.5 Å². The largest absolute Gasteiger partial charge is 0.308 e. The Morgan fingerprint density at radius 2 is 2.04 bits per heavy atom. The fourth-order valence-electron chi connectivity index (χ4n) is 2.21. The molecule has 0 spiro atoms. The molecule has 0 aliphatic rings. The van der Waals surface area contributed by atoms with Crippen molar-refractivity contribution in [2.75, 3.05) is 5.32 Å². The van der Waals surface area contributed by atoms with E-state index >= 15 is 0 Å². The number of carbonyl (C=O) groups excluding carboxylic acids is 1. The lowest BCUT2D eigenvalue weighted by atomic mass is 9.90. The van der Waals surface area contributed by atoms with E-state index in [1.165, 1.54) is 0 Å². The molecule has 0 atom stereocenters. The zero-order valence-corrected chi connectivity index (χ0v) is 13.9. The van der Waals surface area contributed by atoms with Crippen LogP contribution in [0.3, 0.4) is 0 Å². The minimum absolute atomic E-state index is 0.0610. The van der Waals surface area contributed by atoms with E-state index in [2.05, 4.69) is 15.4 Å². The van der Waals surface area contributed by atoms with Gasteiger partial charge in [-0.3, -0.25) is 14.5 Å². The zero-order chi connectivity index (χ0) is 16.3. The second-order valence-corrected chi connectivity index (χ2v) is 6.76. The van der Waals surface area contributed by atoms with Crippen molar-refractivity contribution in [3.8, 4) is 0 Å². The van der Waals surface area contributed by atoms with Gasteiger partial charge in [-0.2, -0.15) is 5.10 Å². The highest BCUT2D eigenvalue weighted by Gasteiger charge is 2.31. The molecule has 0 fully saturated rings. The molecule has 1 N–H and O–H groups in total. The minimum Gasteiger partial charge on any atom is -0.308 e. The molecule has 0 aromatic carbocycles. The predicted molar refractivity (Wildman–Crippen MR) is 91.5 cm³/mol. The molecule has 1 amide bonds. The van der Waals surface area contributed by atoms with Crippen molar-refractivity contribution in [1.82, 2.24) is 14.8 Å². The number of thiophene rings is 1. The highest BCUT2D eigenvalue weighted by Crippen LogP contribution is 2.28. The maximum Gasteiger partial charge on any atom is 0.236 e. The van der Waals surface area contributed by atoms with Crippen molar-refractivity contribution in [2.45, 2.75) is 25.8 Å². The lowest BCUT2D eigenvalue weighted by molar-refractivity contribution is -0.120. The van der Waals surface area contributed by atoms with Gasteiger partial charge in [-0.25, -0.2) is 0 Å². The SMILES string of the molecule is CC(C)(C(=O)Nc1ccn(Cc2ccncc2)n1)c1cccs1. The van der Waals surface area contributed by atoms with Crippen LogP contribution in [0.5, 0.6) is 0 Å². The maximum atomic E-state index is 12.5. The number of carbonyl (C=O) groups is 1. The quantitative estimate of drug-likeness (QED) is 0.782. The van der Waals surface area contributed by atoms with E-state index in [4.69, 9.17) is 0 Å². The summed E-state index contributed by atoms with van der Waals surface area (Å²) < 4.78 is 1.79. The van der Waals surface area contributed by atoms with Crippen LogP contribution in [0.2, 0.25) is 0 Å². The average Bonchev–Trinajstić information content (AvgIpc) is 3.20. The Labute approximate surface area is 139 Å². The molecule has 6 heteroatoms. The molecular weight excluding hydrogens is 308 g/mol. The topological polar surface area (TPSA) is 59.8 Å². The molecule has 3 aromatic rings. The fraction of sp³-hybridized carbons (Fsp3) is 0.235. The Morgan fingerprint density at radius 3 is 2.74 bits per heavy atom. The molecular formula is C17H18N4OS. The summed E-state index contributed by atoms with van der Waals surface area (Å²) in [6.07, 6.45) is 5.37. The van der Waals surface area contributed by atoms with Crippen LogP contribution in [-0.4, -0.2) is 20.7 Å². The van der Waals surface area contributed by atoms with E-state index in [0.717, 1.165) is 10.4 Å². The summed E-state index contributed by atoms with van der Waals surface area (Å²) >= 11 is 1.58. The van der Waals surface area contributed by atoms with E-state index in [1.807, 2.05) is 55.8 Å². The molecule has 0 radical (unpaired) electrons. The number of hydrogen-bond donors (Lipinski definition) is 1. The zero-order valence-electron chi connectivity index (χ0n) is 13.1. The number of nitrogens with zero attached hydrogens (tertiary/aromatic N) is 3. The number of aromatic nitrogens is 3. The summed E-state index contributed by atoms with van der Waals surface area (Å²) in [6.45, 7) is 4.48. The summed E-state index contributed by atoms with van der Waals surface area (Å²) in [6, 6.07) is 9.63. The second kappa shape index (κ2) is 6.34. The molecule has 0 saturated heterocycles. The Kier molecular flexibility index (Phi) is 4.25. The van der Waals surface area contributed by atoms with Gasteiger partial charge in [-0.15, -0.1) is 11.3 Å². The smallest absolute Gasteiger partial charge is 0.236 e. The molecule has 3 aromatic heterocycles. The van der Waals surface area contributed by atoms with Crippen molar-refractivity contribution < 1.29 is 4.79 Å². The first-order valence-electron chi connectivity index (χ1n) is 7.33. The number of hydrogen-bond acceptors (Lipinski definition) is 4. The summed E-state index contributed by atoms with van der Waals surface area (Å²) in [7, 11) is 0. The number of amides is 1. The van der Waals surface area contributed by atoms with Crippen molar-refractivity contribution in [2.24, 2.45) is 0 Å². The number of pyridine rings is 1. The third-order valence-electron chi connectivity index (χ3n) is 3.68. The average molecular weight is 326 g/mol. The molecule has 118 valence electrons. The predicted octanol–water partition coefficient (Wildman–Crippen LogP) is 3.30. The molecule has 3 heterocycles. The molecule has 3 rings (SSSR count). The van der Waals surface area contributed by atoms with E-state index in [-0.39, 0.29) is 5.91 Å². The van der Waals surface area contributed by atoms with Crippen LogP contribution in [0.4, 0.5) is 5.82 Å². The monoisotopic (exact) mass is 326 g/mol. The standard InChI is InChI=1S/C17H18N4OS/c1-17(2,14-4-3-11-23-14)16(22)19-15-7-10-21(20-15)12-13-5-8-18-9-6-13/h3-11H,12H2,1-2H3,(H,19,20,22). The number of rotatable bonds is 5. The lowest BCUT2D eigenvalue weighted by Gasteiger charge is -2.21. The van der Waals surface area contributed by atoms with Crippen LogP contribution >= 0.6 is 11.3 Å². The summed E-state index contributed by atoms with van der Waals surface area (Å²) in [5, 5.41) is 9.29. The molecule has 0 unspecified atom stereocenters. The van der Waals surface area contributed by atoms with Gasteiger partial charge in [0.15, 0.2) is 5.82 Å². The highest BCUT2D eigenvalue weighted by atomic mass is 32.1. The Bertz CT molecular complexity index is 778. The minimum atomic E-state index is -0.580. The van der Waals surface area contributed by atoms with Crippen molar-refractivity contribution in [1.29, 1.82) is 0 Å². The van der Waals surface area contributed by atoms with Gasteiger partial charge >= 0.3 is 0 Å². The Morgan fingerprint density at radius 1 is 1.26 bits per heavy atom. The van der Waals surface area contributed by atoms with Crippen LogP contribution in [-0.2, 0) is 16.8 Å².